The van der Waals surface area contributed by atoms with Crippen molar-refractivity contribution in [3.05, 3.63) is 0 Å². The summed E-state index contributed by atoms with van der Waals surface area (Å²) in [7, 11) is 1.76. The molecule has 0 aromatic carbocycles. The standard InChI is InChI=1S/C12H23NO3/c1-11(2,7-14-3)6-10-12(8-15-9-12)16-5-4-13-10/h10,13H,4-9H2,1-3H3. The van der Waals surface area contributed by atoms with Crippen LogP contribution in [0.3, 0.4) is 0 Å². The summed E-state index contributed by atoms with van der Waals surface area (Å²) in [5.74, 6) is 0. The second kappa shape index (κ2) is 4.61. The van der Waals surface area contributed by atoms with Crippen molar-refractivity contribution in [1.82, 2.24) is 5.32 Å². The molecule has 2 rings (SSSR count). The van der Waals surface area contributed by atoms with Crippen LogP contribution in [0.25, 0.3) is 0 Å². The minimum atomic E-state index is -0.0662. The Labute approximate surface area is 97.6 Å². The molecule has 0 aliphatic carbocycles. The maximum Gasteiger partial charge on any atom is 0.130 e. The van der Waals surface area contributed by atoms with Gasteiger partial charge in [-0.3, -0.25) is 0 Å². The Kier molecular flexibility index (Phi) is 3.54. The zero-order valence-corrected chi connectivity index (χ0v) is 10.5. The van der Waals surface area contributed by atoms with Crippen LogP contribution in [-0.2, 0) is 14.2 Å². The van der Waals surface area contributed by atoms with Crippen molar-refractivity contribution in [2.24, 2.45) is 5.41 Å². The average molecular weight is 229 g/mol. The van der Waals surface area contributed by atoms with Crippen molar-refractivity contribution < 1.29 is 14.2 Å². The van der Waals surface area contributed by atoms with Crippen molar-refractivity contribution >= 4 is 0 Å². The molecule has 2 fully saturated rings. The quantitative estimate of drug-likeness (QED) is 0.774. The zero-order valence-electron chi connectivity index (χ0n) is 10.5. The summed E-state index contributed by atoms with van der Waals surface area (Å²) in [6.45, 7) is 8.45. The highest BCUT2D eigenvalue weighted by Crippen LogP contribution is 2.35. The van der Waals surface area contributed by atoms with Crippen molar-refractivity contribution in [1.29, 1.82) is 0 Å². The lowest BCUT2D eigenvalue weighted by atomic mass is 9.78. The van der Waals surface area contributed by atoms with E-state index in [1.54, 1.807) is 7.11 Å². The van der Waals surface area contributed by atoms with Gasteiger partial charge < -0.3 is 19.5 Å². The molecular weight excluding hydrogens is 206 g/mol. The SMILES string of the molecule is COCC(C)(C)CC1NCCOC12COC2. The van der Waals surface area contributed by atoms with Gasteiger partial charge in [-0.15, -0.1) is 0 Å². The molecule has 94 valence electrons. The van der Waals surface area contributed by atoms with Crippen molar-refractivity contribution in [3.8, 4) is 0 Å². The van der Waals surface area contributed by atoms with E-state index in [-0.39, 0.29) is 11.0 Å². The summed E-state index contributed by atoms with van der Waals surface area (Å²) in [5.41, 5.74) is 0.110. The molecule has 2 aliphatic heterocycles. The molecular formula is C12H23NO3. The van der Waals surface area contributed by atoms with Gasteiger partial charge in [-0.25, -0.2) is 0 Å². The minimum absolute atomic E-state index is 0.0662. The predicted molar refractivity (Wildman–Crippen MR) is 61.6 cm³/mol. The van der Waals surface area contributed by atoms with Gasteiger partial charge in [0.2, 0.25) is 0 Å². The Morgan fingerprint density at radius 3 is 2.75 bits per heavy atom. The van der Waals surface area contributed by atoms with Gasteiger partial charge in [0, 0.05) is 19.7 Å². The van der Waals surface area contributed by atoms with Gasteiger partial charge in [-0.1, -0.05) is 13.8 Å². The number of ether oxygens (including phenoxy) is 3. The van der Waals surface area contributed by atoms with Crippen LogP contribution in [-0.4, -0.2) is 51.7 Å². The van der Waals surface area contributed by atoms with Gasteiger partial charge in [-0.2, -0.15) is 0 Å². The molecule has 2 saturated heterocycles. The van der Waals surface area contributed by atoms with E-state index in [4.69, 9.17) is 14.2 Å². The summed E-state index contributed by atoms with van der Waals surface area (Å²) < 4.78 is 16.5. The maximum absolute atomic E-state index is 5.91. The van der Waals surface area contributed by atoms with E-state index in [1.807, 2.05) is 0 Å². The lowest BCUT2D eigenvalue weighted by Gasteiger charge is -2.51. The molecule has 1 atom stereocenters. The van der Waals surface area contributed by atoms with Gasteiger partial charge in [0.1, 0.15) is 5.60 Å². The van der Waals surface area contributed by atoms with Gasteiger partial charge in [0.05, 0.1) is 26.4 Å². The molecule has 0 amide bonds. The van der Waals surface area contributed by atoms with Crippen molar-refractivity contribution in [3.63, 3.8) is 0 Å². The number of methoxy groups -OCH3 is 1. The number of nitrogens with one attached hydrogen (secondary N) is 1. The third kappa shape index (κ3) is 2.40. The van der Waals surface area contributed by atoms with Gasteiger partial charge in [-0.05, 0) is 11.8 Å². The third-order valence-corrected chi connectivity index (χ3v) is 3.50. The molecule has 4 nitrogen and oxygen atoms in total. The highest BCUT2D eigenvalue weighted by molar-refractivity contribution is 5.02. The van der Waals surface area contributed by atoms with E-state index >= 15 is 0 Å². The highest BCUT2D eigenvalue weighted by atomic mass is 16.6. The summed E-state index contributed by atoms with van der Waals surface area (Å²) in [5, 5.41) is 3.57. The fraction of sp³-hybridized carbons (Fsp3) is 1.00. The molecule has 1 unspecified atom stereocenters. The van der Waals surface area contributed by atoms with E-state index in [0.29, 0.717) is 6.04 Å². The van der Waals surface area contributed by atoms with Crippen LogP contribution in [0.2, 0.25) is 0 Å². The molecule has 4 heteroatoms. The molecule has 0 radical (unpaired) electrons. The second-order valence-corrected chi connectivity index (χ2v) is 5.71. The van der Waals surface area contributed by atoms with E-state index in [2.05, 4.69) is 19.2 Å². The molecule has 0 bridgehead atoms. The van der Waals surface area contributed by atoms with Crippen LogP contribution in [0.15, 0.2) is 0 Å². The molecule has 1 N–H and O–H groups in total. The predicted octanol–water partition coefficient (Wildman–Crippen LogP) is 0.806. The van der Waals surface area contributed by atoms with Gasteiger partial charge >= 0.3 is 0 Å². The Bertz CT molecular complexity index is 238. The van der Waals surface area contributed by atoms with Gasteiger partial charge in [0.25, 0.3) is 0 Å². The van der Waals surface area contributed by atoms with E-state index in [1.165, 1.54) is 0 Å². The fourth-order valence-corrected chi connectivity index (χ4v) is 2.62. The van der Waals surface area contributed by atoms with E-state index in [0.717, 1.165) is 39.4 Å². The van der Waals surface area contributed by atoms with E-state index < -0.39 is 0 Å². The van der Waals surface area contributed by atoms with Crippen LogP contribution >= 0.6 is 0 Å². The first-order valence-electron chi connectivity index (χ1n) is 6.02. The number of rotatable bonds is 4. The average Bonchev–Trinajstić information content (AvgIpc) is 2.15. The first-order chi connectivity index (χ1) is 7.58. The number of morpholine rings is 1. The minimum Gasteiger partial charge on any atom is -0.384 e. The summed E-state index contributed by atoms with van der Waals surface area (Å²) in [4.78, 5) is 0. The molecule has 0 aromatic heterocycles. The summed E-state index contributed by atoms with van der Waals surface area (Å²) in [6.07, 6.45) is 1.06. The molecule has 1 spiro atoms. The second-order valence-electron chi connectivity index (χ2n) is 5.71. The lowest BCUT2D eigenvalue weighted by Crippen LogP contribution is -2.68. The highest BCUT2D eigenvalue weighted by Gasteiger charge is 2.49. The van der Waals surface area contributed by atoms with Crippen molar-refractivity contribution in [2.75, 3.05) is 40.1 Å². The summed E-state index contributed by atoms with van der Waals surface area (Å²) >= 11 is 0. The van der Waals surface area contributed by atoms with E-state index in [9.17, 15) is 0 Å². The summed E-state index contributed by atoms with van der Waals surface area (Å²) in [6, 6.07) is 0.389. The molecule has 16 heavy (non-hydrogen) atoms. The first-order valence-corrected chi connectivity index (χ1v) is 6.02. The van der Waals surface area contributed by atoms with Crippen LogP contribution in [0.5, 0.6) is 0 Å². The topological polar surface area (TPSA) is 39.7 Å². The maximum atomic E-state index is 5.91. The number of hydrogen-bond donors (Lipinski definition) is 1. The van der Waals surface area contributed by atoms with Crippen LogP contribution in [0.1, 0.15) is 20.3 Å². The van der Waals surface area contributed by atoms with Crippen LogP contribution in [0, 0.1) is 5.41 Å². The third-order valence-electron chi connectivity index (χ3n) is 3.50. The Hall–Kier alpha value is -0.160. The number of hydrogen-bond acceptors (Lipinski definition) is 4. The first kappa shape index (κ1) is 12.3. The monoisotopic (exact) mass is 229 g/mol. The molecule has 2 heterocycles. The zero-order chi connectivity index (χ0) is 11.6. The normalized spacial score (nSPS) is 29.1. The molecule has 2 aliphatic rings. The Morgan fingerprint density at radius 1 is 1.44 bits per heavy atom. The van der Waals surface area contributed by atoms with Crippen LogP contribution < -0.4 is 5.32 Å². The smallest absolute Gasteiger partial charge is 0.130 e. The largest absolute Gasteiger partial charge is 0.384 e. The lowest BCUT2D eigenvalue weighted by molar-refractivity contribution is -0.241. The van der Waals surface area contributed by atoms with Gasteiger partial charge in [0.15, 0.2) is 0 Å². The Balaban J connectivity index is 1.96. The molecule has 0 aromatic rings. The fourth-order valence-electron chi connectivity index (χ4n) is 2.62. The molecule has 0 saturated carbocycles. The Morgan fingerprint density at radius 2 is 2.19 bits per heavy atom. The van der Waals surface area contributed by atoms with Crippen molar-refractivity contribution in [2.45, 2.75) is 31.9 Å². The van der Waals surface area contributed by atoms with Crippen LogP contribution in [0.4, 0.5) is 0 Å².